The maximum Gasteiger partial charge on any atom is 0.129 e. The van der Waals surface area contributed by atoms with Crippen molar-refractivity contribution < 1.29 is 8.78 Å². The molecule has 1 atom stereocenters. The standard InChI is InChI=1S/C15H26N2.C11H15N.C8H8F2/c1-9-16-12(3)11(2)13(4)17(14(16)5)10-15(6,7)8;1-5-11(9(2)3)7-6-10(4)8-12;1-2-6-3-4-7(9)5-8(6)10/h3,5,9-10H2,1-2,4,6-8H3;5,7,10H,1-2,6H2,3-4H3;3-5H,2H2,1H3/b;11-7+;. The van der Waals surface area contributed by atoms with Crippen LogP contribution >= 0.6 is 0 Å². The number of hydrogen-bond acceptors (Lipinski definition) is 3. The summed E-state index contributed by atoms with van der Waals surface area (Å²) in [5, 5.41) is 8.53. The second kappa shape index (κ2) is 16.5. The molecule has 5 heteroatoms. The van der Waals surface area contributed by atoms with Crippen LogP contribution in [0.5, 0.6) is 0 Å². The Morgan fingerprint density at radius 2 is 1.72 bits per heavy atom. The highest BCUT2D eigenvalue weighted by atomic mass is 19.1. The van der Waals surface area contributed by atoms with Crippen molar-refractivity contribution in [3.8, 4) is 6.07 Å². The Labute approximate surface area is 237 Å². The third kappa shape index (κ3) is 11.9. The smallest absolute Gasteiger partial charge is 0.129 e. The van der Waals surface area contributed by atoms with E-state index in [2.05, 4.69) is 83.7 Å². The van der Waals surface area contributed by atoms with Crippen LogP contribution in [0.1, 0.15) is 74.3 Å². The molecule has 0 saturated carbocycles. The number of allylic oxidation sites excluding steroid dienone is 6. The zero-order chi connectivity index (χ0) is 30.5. The molecule has 3 nitrogen and oxygen atoms in total. The highest BCUT2D eigenvalue weighted by Gasteiger charge is 2.28. The van der Waals surface area contributed by atoms with Crippen LogP contribution < -0.4 is 0 Å². The van der Waals surface area contributed by atoms with E-state index in [0.717, 1.165) is 48.2 Å². The first-order valence-corrected chi connectivity index (χ1v) is 13.5. The molecule has 1 aliphatic rings. The fraction of sp³-hybridized carbons (Fsp3) is 0.441. The molecule has 0 N–H and O–H groups in total. The molecule has 0 fully saturated rings. The fourth-order valence-electron chi connectivity index (χ4n) is 3.76. The summed E-state index contributed by atoms with van der Waals surface area (Å²) in [5.74, 6) is 0.145. The summed E-state index contributed by atoms with van der Waals surface area (Å²) in [4.78, 5) is 4.50. The second-order valence-electron chi connectivity index (χ2n) is 11.0. The average molecular weight is 538 g/mol. The van der Waals surface area contributed by atoms with Gasteiger partial charge in [0, 0.05) is 36.5 Å². The third-order valence-corrected chi connectivity index (χ3v) is 6.30. The summed E-state index contributed by atoms with van der Waals surface area (Å²) in [7, 11) is 0. The van der Waals surface area contributed by atoms with Gasteiger partial charge >= 0.3 is 0 Å². The lowest BCUT2D eigenvalue weighted by Crippen LogP contribution is -2.41. The Morgan fingerprint density at radius 1 is 1.13 bits per heavy atom. The van der Waals surface area contributed by atoms with Gasteiger partial charge in [-0.25, -0.2) is 8.78 Å². The summed E-state index contributed by atoms with van der Waals surface area (Å²) >= 11 is 0. The molecule has 0 amide bonds. The van der Waals surface area contributed by atoms with Crippen LogP contribution in [0.15, 0.2) is 90.6 Å². The lowest BCUT2D eigenvalue weighted by atomic mass is 9.94. The van der Waals surface area contributed by atoms with E-state index in [1.165, 1.54) is 23.4 Å². The summed E-state index contributed by atoms with van der Waals surface area (Å²) in [6, 6.07) is 5.81. The van der Waals surface area contributed by atoms with Gasteiger partial charge in [-0.15, -0.1) is 0 Å². The van der Waals surface area contributed by atoms with Crippen molar-refractivity contribution in [2.45, 2.75) is 75.2 Å². The number of likely N-dealkylation sites (N-methyl/N-ethyl adjacent to an activating group) is 1. The second-order valence-corrected chi connectivity index (χ2v) is 11.0. The third-order valence-electron chi connectivity index (χ3n) is 6.30. The molecule has 1 aliphatic heterocycles. The van der Waals surface area contributed by atoms with Crippen molar-refractivity contribution in [2.75, 3.05) is 13.1 Å². The molecule has 39 heavy (non-hydrogen) atoms. The monoisotopic (exact) mass is 537 g/mol. The quantitative estimate of drug-likeness (QED) is 0.324. The van der Waals surface area contributed by atoms with E-state index >= 15 is 0 Å². The van der Waals surface area contributed by atoms with Gasteiger partial charge in [0.15, 0.2) is 0 Å². The van der Waals surface area contributed by atoms with E-state index in [4.69, 9.17) is 5.26 Å². The molecule has 1 aromatic rings. The zero-order valence-electron chi connectivity index (χ0n) is 25.7. The Kier molecular flexibility index (Phi) is 15.1. The van der Waals surface area contributed by atoms with Gasteiger partial charge in [0.25, 0.3) is 0 Å². The van der Waals surface area contributed by atoms with Crippen molar-refractivity contribution in [3.05, 3.63) is 108 Å². The van der Waals surface area contributed by atoms with Gasteiger partial charge in [0.2, 0.25) is 0 Å². The Bertz CT molecular complexity index is 1130. The van der Waals surface area contributed by atoms with Crippen molar-refractivity contribution in [1.82, 2.24) is 9.80 Å². The van der Waals surface area contributed by atoms with Gasteiger partial charge in [-0.3, -0.25) is 0 Å². The van der Waals surface area contributed by atoms with Crippen LogP contribution in [0.3, 0.4) is 0 Å². The lowest BCUT2D eigenvalue weighted by Gasteiger charge is -2.44. The number of hydrogen-bond donors (Lipinski definition) is 0. The summed E-state index contributed by atoms with van der Waals surface area (Å²) in [6.45, 7) is 36.6. The SMILES string of the molecule is C=C/C(=C\CC(C)C#N)C(=C)C.C=C1C(C)=C(C)N(CC(C)(C)C)C(=C)N1CC.CCc1ccc(F)cc1F. The van der Waals surface area contributed by atoms with Crippen molar-refractivity contribution >= 4 is 0 Å². The minimum Gasteiger partial charge on any atom is -0.331 e. The predicted octanol–water partition coefficient (Wildman–Crippen LogP) is 9.70. The van der Waals surface area contributed by atoms with Crippen LogP contribution in [-0.4, -0.2) is 22.9 Å². The fourth-order valence-corrected chi connectivity index (χ4v) is 3.76. The van der Waals surface area contributed by atoms with E-state index in [9.17, 15) is 8.78 Å². The molecular formula is C34H49F2N3. The highest BCUT2D eigenvalue weighted by Crippen LogP contribution is 2.34. The minimum atomic E-state index is -0.519. The van der Waals surface area contributed by atoms with Crippen LogP contribution in [0, 0.1) is 34.3 Å². The lowest BCUT2D eigenvalue weighted by molar-refractivity contribution is 0.209. The number of aryl methyl sites for hydroxylation is 1. The van der Waals surface area contributed by atoms with E-state index in [1.807, 2.05) is 26.8 Å². The van der Waals surface area contributed by atoms with Crippen molar-refractivity contribution in [1.29, 1.82) is 5.26 Å². The molecule has 1 unspecified atom stereocenters. The molecule has 0 spiro atoms. The number of halogens is 2. The molecule has 1 aromatic carbocycles. The Hall–Kier alpha value is -3.39. The van der Waals surface area contributed by atoms with Gasteiger partial charge in [0.05, 0.1) is 6.07 Å². The maximum absolute atomic E-state index is 12.6. The molecule has 0 bridgehead atoms. The van der Waals surface area contributed by atoms with E-state index < -0.39 is 11.6 Å². The van der Waals surface area contributed by atoms with E-state index in [-0.39, 0.29) is 11.3 Å². The molecule has 0 radical (unpaired) electrons. The average Bonchev–Trinajstić information content (AvgIpc) is 2.86. The zero-order valence-corrected chi connectivity index (χ0v) is 25.7. The van der Waals surface area contributed by atoms with Crippen molar-refractivity contribution in [2.24, 2.45) is 11.3 Å². The van der Waals surface area contributed by atoms with Crippen LogP contribution in [0.25, 0.3) is 0 Å². The molecule has 1 heterocycles. The van der Waals surface area contributed by atoms with E-state index in [0.29, 0.717) is 12.0 Å². The molecule has 0 saturated heterocycles. The van der Waals surface area contributed by atoms with Crippen molar-refractivity contribution in [3.63, 3.8) is 0 Å². The van der Waals surface area contributed by atoms with Crippen LogP contribution in [0.2, 0.25) is 0 Å². The van der Waals surface area contributed by atoms with Crippen LogP contribution in [0.4, 0.5) is 8.78 Å². The number of benzene rings is 1. The largest absolute Gasteiger partial charge is 0.331 e. The first-order valence-electron chi connectivity index (χ1n) is 13.5. The number of nitriles is 1. The molecule has 214 valence electrons. The maximum atomic E-state index is 12.6. The van der Waals surface area contributed by atoms with Gasteiger partial charge in [0.1, 0.15) is 17.5 Å². The number of nitrogens with zero attached hydrogens (tertiary/aromatic N) is 3. The summed E-state index contributed by atoms with van der Waals surface area (Å²) in [6.07, 6.45) is 5.15. The van der Waals surface area contributed by atoms with Crippen LogP contribution in [-0.2, 0) is 6.42 Å². The molecular weight excluding hydrogens is 488 g/mol. The van der Waals surface area contributed by atoms with E-state index in [1.54, 1.807) is 6.08 Å². The normalized spacial score (nSPS) is 14.6. The molecule has 0 aromatic heterocycles. The Balaban J connectivity index is 0.000000579. The molecule has 0 aliphatic carbocycles. The summed E-state index contributed by atoms with van der Waals surface area (Å²) in [5.41, 5.74) is 6.47. The minimum absolute atomic E-state index is 0.0688. The van der Waals surface area contributed by atoms with Gasteiger partial charge in [-0.05, 0) is 75.7 Å². The highest BCUT2D eigenvalue weighted by molar-refractivity contribution is 5.37. The first-order chi connectivity index (χ1) is 18.0. The topological polar surface area (TPSA) is 30.3 Å². The first kappa shape index (κ1) is 35.6. The van der Waals surface area contributed by atoms with Gasteiger partial charge < -0.3 is 9.80 Å². The Morgan fingerprint density at radius 3 is 2.13 bits per heavy atom. The molecule has 2 rings (SSSR count). The van der Waals surface area contributed by atoms with Gasteiger partial charge in [-0.1, -0.05) is 77.8 Å². The summed E-state index contributed by atoms with van der Waals surface area (Å²) < 4.78 is 24.9. The number of rotatable bonds is 7. The van der Waals surface area contributed by atoms with Gasteiger partial charge in [-0.2, -0.15) is 5.26 Å². The predicted molar refractivity (Wildman–Crippen MR) is 163 cm³/mol.